The third-order valence-electron chi connectivity index (χ3n) is 3.50. The smallest absolute Gasteiger partial charge is 0.352 e. The number of carboxylic acid groups (broad SMARTS) is 1. The number of thioether (sulfide) groups is 1. The Balaban J connectivity index is 2.00. The van der Waals surface area contributed by atoms with Crippen molar-refractivity contribution in [3.63, 3.8) is 0 Å². The highest BCUT2D eigenvalue weighted by atomic mass is 32.2. The fraction of sp³-hybridized carbons (Fsp3) is 0.636. The first-order chi connectivity index (χ1) is 7.59. The molecule has 2 fully saturated rings. The van der Waals surface area contributed by atoms with E-state index in [9.17, 15) is 14.7 Å². The average molecular weight is 239 g/mol. The third kappa shape index (κ3) is 1.30. The van der Waals surface area contributed by atoms with E-state index in [2.05, 4.69) is 0 Å². The minimum Gasteiger partial charge on any atom is -0.477 e. The molecule has 3 rings (SSSR count). The van der Waals surface area contributed by atoms with Crippen molar-refractivity contribution >= 4 is 23.6 Å². The monoisotopic (exact) mass is 239 g/mol. The van der Waals surface area contributed by atoms with E-state index >= 15 is 0 Å². The lowest BCUT2D eigenvalue weighted by Crippen LogP contribution is -2.55. The van der Waals surface area contributed by atoms with Gasteiger partial charge >= 0.3 is 5.97 Å². The van der Waals surface area contributed by atoms with Crippen molar-refractivity contribution in [1.82, 2.24) is 4.90 Å². The lowest BCUT2D eigenvalue weighted by atomic mass is 10.0. The molecule has 3 aliphatic rings. The molecule has 5 heteroatoms. The van der Waals surface area contributed by atoms with Gasteiger partial charge in [-0.15, -0.1) is 11.8 Å². The molecule has 1 unspecified atom stereocenters. The molecule has 2 aliphatic heterocycles. The zero-order valence-corrected chi connectivity index (χ0v) is 9.79. The van der Waals surface area contributed by atoms with Gasteiger partial charge in [0.25, 0.3) is 0 Å². The lowest BCUT2D eigenvalue weighted by molar-refractivity contribution is -0.146. The molecular formula is C11H13NO3S. The van der Waals surface area contributed by atoms with Crippen LogP contribution in [0.2, 0.25) is 0 Å². The summed E-state index contributed by atoms with van der Waals surface area (Å²) >= 11 is 1.77. The molecule has 1 saturated carbocycles. The summed E-state index contributed by atoms with van der Waals surface area (Å²) in [7, 11) is 0. The van der Waals surface area contributed by atoms with Crippen LogP contribution >= 0.6 is 11.8 Å². The number of fused-ring (bicyclic) bond motifs is 1. The Bertz CT molecular complexity index is 413. The van der Waals surface area contributed by atoms with E-state index in [0.29, 0.717) is 17.6 Å². The maximum absolute atomic E-state index is 11.4. The van der Waals surface area contributed by atoms with E-state index in [1.54, 1.807) is 11.8 Å². The number of amides is 1. The number of β-lactam (4-membered cyclic amide) rings is 1. The van der Waals surface area contributed by atoms with Gasteiger partial charge in [-0.2, -0.15) is 0 Å². The van der Waals surface area contributed by atoms with Crippen LogP contribution in [0.5, 0.6) is 0 Å². The summed E-state index contributed by atoms with van der Waals surface area (Å²) in [6.07, 6.45) is 2.89. The Hall–Kier alpha value is -0.970. The number of carboxylic acids is 1. The largest absolute Gasteiger partial charge is 0.477 e. The second-order valence-electron chi connectivity index (χ2n) is 4.65. The second kappa shape index (κ2) is 3.26. The van der Waals surface area contributed by atoms with Gasteiger partial charge in [0.05, 0.1) is 11.8 Å². The van der Waals surface area contributed by atoms with Gasteiger partial charge in [-0.1, -0.05) is 0 Å². The van der Waals surface area contributed by atoms with Crippen molar-refractivity contribution < 1.29 is 14.7 Å². The van der Waals surface area contributed by atoms with Gasteiger partial charge in [-0.3, -0.25) is 9.69 Å². The van der Waals surface area contributed by atoms with Gasteiger partial charge in [0.1, 0.15) is 5.70 Å². The maximum atomic E-state index is 11.4. The van der Waals surface area contributed by atoms with Gasteiger partial charge in [0.2, 0.25) is 5.91 Å². The van der Waals surface area contributed by atoms with Crippen LogP contribution in [0.15, 0.2) is 11.3 Å². The molecule has 0 bridgehead atoms. The van der Waals surface area contributed by atoms with E-state index < -0.39 is 5.97 Å². The third-order valence-corrected chi connectivity index (χ3v) is 5.23. The van der Waals surface area contributed by atoms with Crippen molar-refractivity contribution in [3.05, 3.63) is 11.3 Å². The van der Waals surface area contributed by atoms with E-state index in [1.165, 1.54) is 17.7 Å². The number of carbonyl (C=O) groups is 2. The molecule has 2 heterocycles. The van der Waals surface area contributed by atoms with Gasteiger partial charge in [0, 0.05) is 5.25 Å². The first-order valence-corrected chi connectivity index (χ1v) is 6.45. The Labute approximate surface area is 97.7 Å². The molecule has 0 aromatic rings. The Morgan fingerprint density at radius 1 is 1.50 bits per heavy atom. The topological polar surface area (TPSA) is 57.6 Å². The minimum absolute atomic E-state index is 0.0523. The van der Waals surface area contributed by atoms with Crippen molar-refractivity contribution in [2.24, 2.45) is 5.92 Å². The van der Waals surface area contributed by atoms with E-state index in [0.717, 1.165) is 5.57 Å². The lowest BCUT2D eigenvalue weighted by Gasteiger charge is -2.46. The van der Waals surface area contributed by atoms with Crippen LogP contribution < -0.4 is 0 Å². The number of hydrogen-bond acceptors (Lipinski definition) is 3. The average Bonchev–Trinajstić information content (AvgIpc) is 3.01. The highest BCUT2D eigenvalue weighted by Gasteiger charge is 2.50. The first-order valence-electron chi connectivity index (χ1n) is 5.51. The predicted octanol–water partition coefficient (Wildman–Crippen LogP) is 1.43. The summed E-state index contributed by atoms with van der Waals surface area (Å²) in [6, 6.07) is 0. The van der Waals surface area contributed by atoms with Crippen LogP contribution in [0, 0.1) is 5.92 Å². The van der Waals surface area contributed by atoms with Crippen molar-refractivity contribution in [2.45, 2.75) is 36.8 Å². The number of rotatable bonds is 2. The second-order valence-corrected chi connectivity index (χ2v) is 5.98. The molecule has 1 N–H and O–H groups in total. The molecule has 2 atom stereocenters. The molecule has 0 aromatic carbocycles. The molecule has 86 valence electrons. The molecule has 1 aliphatic carbocycles. The molecule has 16 heavy (non-hydrogen) atoms. The SMILES string of the molecule is CC1=C(C(=O)O)N2C(=O)C[C@H]2SC1C1CC1. The van der Waals surface area contributed by atoms with Gasteiger partial charge < -0.3 is 5.11 Å². The van der Waals surface area contributed by atoms with E-state index in [1.807, 2.05) is 6.92 Å². The van der Waals surface area contributed by atoms with Gasteiger partial charge in [0.15, 0.2) is 0 Å². The summed E-state index contributed by atoms with van der Waals surface area (Å²) in [4.78, 5) is 24.1. The Kier molecular flexibility index (Phi) is 2.08. The van der Waals surface area contributed by atoms with Crippen molar-refractivity contribution in [3.8, 4) is 0 Å². The molecule has 1 amide bonds. The minimum atomic E-state index is -0.957. The van der Waals surface area contributed by atoms with E-state index in [-0.39, 0.29) is 17.0 Å². The Morgan fingerprint density at radius 2 is 2.19 bits per heavy atom. The summed E-state index contributed by atoms with van der Waals surface area (Å²) < 4.78 is 0. The van der Waals surface area contributed by atoms with Crippen LogP contribution in [0.3, 0.4) is 0 Å². The molecule has 4 nitrogen and oxygen atoms in total. The molecule has 0 aromatic heterocycles. The van der Waals surface area contributed by atoms with Gasteiger partial charge in [-0.25, -0.2) is 4.79 Å². The summed E-state index contributed by atoms with van der Waals surface area (Å²) in [5.74, 6) is -0.373. The standard InChI is InChI=1S/C11H13NO3S/c1-5-9(11(14)15)12-7(13)4-8(12)16-10(5)6-2-3-6/h6,8,10H,2-4H2,1H3,(H,14,15)/t8-,10?/m1/s1. The van der Waals surface area contributed by atoms with Crippen molar-refractivity contribution in [2.75, 3.05) is 0 Å². The molecule has 0 radical (unpaired) electrons. The normalized spacial score (nSPS) is 33.6. The highest BCUT2D eigenvalue weighted by Crippen LogP contribution is 2.51. The summed E-state index contributed by atoms with van der Waals surface area (Å²) in [5.41, 5.74) is 1.13. The number of carbonyl (C=O) groups excluding carboxylic acids is 1. The van der Waals surface area contributed by atoms with Gasteiger partial charge in [-0.05, 0) is 31.3 Å². The first kappa shape index (κ1) is 10.2. The van der Waals surface area contributed by atoms with E-state index in [4.69, 9.17) is 0 Å². The number of hydrogen-bond donors (Lipinski definition) is 1. The maximum Gasteiger partial charge on any atom is 0.352 e. The van der Waals surface area contributed by atoms with Crippen molar-refractivity contribution in [1.29, 1.82) is 0 Å². The Morgan fingerprint density at radius 3 is 2.69 bits per heavy atom. The summed E-state index contributed by atoms with van der Waals surface area (Å²) in [6.45, 7) is 1.86. The van der Waals surface area contributed by atoms with Crippen LogP contribution in [0.25, 0.3) is 0 Å². The zero-order chi connectivity index (χ0) is 11.4. The predicted molar refractivity (Wildman–Crippen MR) is 59.7 cm³/mol. The highest BCUT2D eigenvalue weighted by molar-refractivity contribution is 8.00. The summed E-state index contributed by atoms with van der Waals surface area (Å²) in [5, 5.41) is 9.60. The molecule has 1 saturated heterocycles. The molecular weight excluding hydrogens is 226 g/mol. The fourth-order valence-corrected chi connectivity index (χ4v) is 4.23. The molecule has 0 spiro atoms. The number of aliphatic carboxylic acids is 1. The van der Waals surface area contributed by atoms with Crippen LogP contribution in [0.4, 0.5) is 0 Å². The zero-order valence-electron chi connectivity index (χ0n) is 8.97. The van der Waals surface area contributed by atoms with Crippen LogP contribution in [0.1, 0.15) is 26.2 Å². The number of nitrogens with zero attached hydrogens (tertiary/aromatic N) is 1. The fourth-order valence-electron chi connectivity index (χ4n) is 2.50. The van der Waals surface area contributed by atoms with Crippen LogP contribution in [-0.2, 0) is 9.59 Å². The quantitative estimate of drug-likeness (QED) is 0.741. The van der Waals surface area contributed by atoms with Crippen LogP contribution in [-0.4, -0.2) is 32.5 Å².